The van der Waals surface area contributed by atoms with E-state index in [1.165, 1.54) is 10.7 Å². The summed E-state index contributed by atoms with van der Waals surface area (Å²) in [5.41, 5.74) is 1.81. The molecule has 0 unspecified atom stereocenters. The van der Waals surface area contributed by atoms with Gasteiger partial charge in [0.25, 0.3) is 11.5 Å². The van der Waals surface area contributed by atoms with Gasteiger partial charge in [0.05, 0.1) is 17.9 Å². The van der Waals surface area contributed by atoms with Crippen molar-refractivity contribution in [2.45, 2.75) is 39.2 Å². The number of hydrogen-bond donors (Lipinski definition) is 1. The molecule has 116 valence electrons. The number of rotatable bonds is 5. The Labute approximate surface area is 127 Å². The second-order valence-electron chi connectivity index (χ2n) is 5.55. The van der Waals surface area contributed by atoms with Crippen molar-refractivity contribution in [3.8, 4) is 0 Å². The third-order valence-corrected chi connectivity index (χ3v) is 3.75. The first-order valence-electron chi connectivity index (χ1n) is 7.35. The summed E-state index contributed by atoms with van der Waals surface area (Å²) in [6.07, 6.45) is 2.27. The molecular weight excluding hydrogens is 284 g/mol. The lowest BCUT2D eigenvalue weighted by molar-refractivity contribution is 0.0949. The lowest BCUT2D eigenvalue weighted by Gasteiger charge is -2.08. The fourth-order valence-corrected chi connectivity index (χ4v) is 2.39. The van der Waals surface area contributed by atoms with Crippen LogP contribution in [0.3, 0.4) is 0 Å². The summed E-state index contributed by atoms with van der Waals surface area (Å²) in [6, 6.07) is 3.33. The minimum Gasteiger partial charge on any atom is -0.361 e. The smallest absolute Gasteiger partial charge is 0.266 e. The number of aryl methyl sites for hydroxylation is 2. The van der Waals surface area contributed by atoms with Gasteiger partial charge >= 0.3 is 0 Å². The van der Waals surface area contributed by atoms with Gasteiger partial charge in [0, 0.05) is 18.5 Å². The first-order valence-corrected chi connectivity index (χ1v) is 7.35. The van der Waals surface area contributed by atoms with E-state index in [1.54, 1.807) is 19.9 Å². The van der Waals surface area contributed by atoms with Crippen molar-refractivity contribution in [1.29, 1.82) is 0 Å². The first kappa shape index (κ1) is 14.5. The van der Waals surface area contributed by atoms with E-state index >= 15 is 0 Å². The van der Waals surface area contributed by atoms with Gasteiger partial charge in [0.1, 0.15) is 11.3 Å². The molecule has 0 spiro atoms. The number of nitrogens with one attached hydrogen (secondary N) is 1. The molecule has 0 aromatic carbocycles. The standard InChI is InChI=1S/C15H18N4O3/c1-9-14(10(2)22-18-9)15(21)16-7-8-19-13(20)6-5-12(17-19)11-3-4-11/h5-6,11H,3-4,7-8H2,1-2H3,(H,16,21). The summed E-state index contributed by atoms with van der Waals surface area (Å²) < 4.78 is 6.37. The quantitative estimate of drug-likeness (QED) is 0.895. The van der Waals surface area contributed by atoms with E-state index in [9.17, 15) is 9.59 Å². The Balaban J connectivity index is 1.62. The average Bonchev–Trinajstić information content (AvgIpc) is 3.27. The highest BCUT2D eigenvalue weighted by atomic mass is 16.5. The summed E-state index contributed by atoms with van der Waals surface area (Å²) in [5, 5.41) is 10.9. The van der Waals surface area contributed by atoms with Gasteiger partial charge in [-0.2, -0.15) is 5.10 Å². The molecule has 0 aliphatic heterocycles. The topological polar surface area (TPSA) is 90.0 Å². The summed E-state index contributed by atoms with van der Waals surface area (Å²) in [6.45, 7) is 4.08. The predicted molar refractivity (Wildman–Crippen MR) is 78.8 cm³/mol. The fourth-order valence-electron chi connectivity index (χ4n) is 2.39. The van der Waals surface area contributed by atoms with E-state index in [-0.39, 0.29) is 11.5 Å². The van der Waals surface area contributed by atoms with E-state index in [4.69, 9.17) is 4.52 Å². The molecule has 3 rings (SSSR count). The zero-order valence-corrected chi connectivity index (χ0v) is 12.6. The fraction of sp³-hybridized carbons (Fsp3) is 0.467. The molecule has 1 saturated carbocycles. The molecule has 2 aromatic rings. The number of aromatic nitrogens is 3. The van der Waals surface area contributed by atoms with E-state index in [1.807, 2.05) is 0 Å². The van der Waals surface area contributed by atoms with Gasteiger partial charge in [0.2, 0.25) is 0 Å². The van der Waals surface area contributed by atoms with Crippen LogP contribution in [-0.2, 0) is 6.54 Å². The second-order valence-corrected chi connectivity index (χ2v) is 5.55. The highest BCUT2D eigenvalue weighted by Crippen LogP contribution is 2.38. The minimum atomic E-state index is -0.248. The van der Waals surface area contributed by atoms with Crippen LogP contribution in [-0.4, -0.2) is 27.4 Å². The van der Waals surface area contributed by atoms with Gasteiger partial charge in [0.15, 0.2) is 0 Å². The summed E-state index contributed by atoms with van der Waals surface area (Å²) in [5.74, 6) is 0.729. The molecule has 0 bridgehead atoms. The van der Waals surface area contributed by atoms with Gasteiger partial charge in [-0.1, -0.05) is 5.16 Å². The summed E-state index contributed by atoms with van der Waals surface area (Å²) >= 11 is 0. The number of nitrogens with zero attached hydrogens (tertiary/aromatic N) is 3. The van der Waals surface area contributed by atoms with E-state index in [0.29, 0.717) is 36.0 Å². The molecule has 0 saturated heterocycles. The number of carbonyl (C=O) groups excluding carboxylic acids is 1. The molecule has 0 atom stereocenters. The molecule has 1 aliphatic carbocycles. The summed E-state index contributed by atoms with van der Waals surface area (Å²) in [7, 11) is 0. The van der Waals surface area contributed by atoms with E-state index < -0.39 is 0 Å². The highest BCUT2D eigenvalue weighted by Gasteiger charge is 2.25. The number of hydrogen-bond acceptors (Lipinski definition) is 5. The maximum Gasteiger partial charge on any atom is 0.266 e. The van der Waals surface area contributed by atoms with Crippen molar-refractivity contribution in [2.24, 2.45) is 0 Å². The Morgan fingerprint density at radius 2 is 2.18 bits per heavy atom. The maximum atomic E-state index is 12.1. The number of carbonyl (C=O) groups is 1. The van der Waals surface area contributed by atoms with Gasteiger partial charge in [-0.15, -0.1) is 0 Å². The van der Waals surface area contributed by atoms with E-state index in [2.05, 4.69) is 15.6 Å². The van der Waals surface area contributed by atoms with Crippen LogP contribution < -0.4 is 10.9 Å². The van der Waals surface area contributed by atoms with Gasteiger partial charge in [-0.05, 0) is 32.8 Å². The molecule has 7 heteroatoms. The largest absolute Gasteiger partial charge is 0.361 e. The van der Waals surface area contributed by atoms with Crippen LogP contribution in [0.15, 0.2) is 21.5 Å². The lowest BCUT2D eigenvalue weighted by atomic mass is 10.2. The first-order chi connectivity index (χ1) is 10.6. The molecule has 7 nitrogen and oxygen atoms in total. The lowest BCUT2D eigenvalue weighted by Crippen LogP contribution is -2.32. The van der Waals surface area contributed by atoms with Crippen LogP contribution in [0.1, 0.15) is 46.3 Å². The van der Waals surface area contributed by atoms with Crippen LogP contribution in [0.2, 0.25) is 0 Å². The van der Waals surface area contributed by atoms with Crippen LogP contribution in [0.25, 0.3) is 0 Å². The van der Waals surface area contributed by atoms with Gasteiger partial charge in [-0.3, -0.25) is 9.59 Å². The minimum absolute atomic E-state index is 0.156. The molecule has 1 amide bonds. The molecule has 0 radical (unpaired) electrons. The van der Waals surface area contributed by atoms with Crippen molar-refractivity contribution in [2.75, 3.05) is 6.54 Å². The van der Waals surface area contributed by atoms with Crippen LogP contribution in [0, 0.1) is 13.8 Å². The summed E-state index contributed by atoms with van der Waals surface area (Å²) in [4.78, 5) is 23.9. The SMILES string of the molecule is Cc1noc(C)c1C(=O)NCCn1nc(C2CC2)ccc1=O. The van der Waals surface area contributed by atoms with E-state index in [0.717, 1.165) is 18.5 Å². The Morgan fingerprint density at radius 1 is 1.41 bits per heavy atom. The molecule has 2 heterocycles. The second kappa shape index (κ2) is 5.75. The number of amides is 1. The normalized spacial score (nSPS) is 14.1. The van der Waals surface area contributed by atoms with Crippen molar-refractivity contribution in [3.05, 3.63) is 45.2 Å². The monoisotopic (exact) mass is 302 g/mol. The Morgan fingerprint density at radius 3 is 2.82 bits per heavy atom. The van der Waals surface area contributed by atoms with Gasteiger partial charge < -0.3 is 9.84 Å². The Bertz CT molecular complexity index is 739. The third kappa shape index (κ3) is 2.93. The van der Waals surface area contributed by atoms with Gasteiger partial charge in [-0.25, -0.2) is 4.68 Å². The zero-order chi connectivity index (χ0) is 15.7. The third-order valence-electron chi connectivity index (χ3n) is 3.75. The van der Waals surface area contributed by atoms with Crippen LogP contribution in [0.5, 0.6) is 0 Å². The Kier molecular flexibility index (Phi) is 3.79. The van der Waals surface area contributed by atoms with Crippen LogP contribution >= 0.6 is 0 Å². The van der Waals surface area contributed by atoms with Crippen molar-refractivity contribution < 1.29 is 9.32 Å². The molecule has 22 heavy (non-hydrogen) atoms. The zero-order valence-electron chi connectivity index (χ0n) is 12.6. The van der Waals surface area contributed by atoms with Crippen molar-refractivity contribution >= 4 is 5.91 Å². The molecule has 1 N–H and O–H groups in total. The van der Waals surface area contributed by atoms with Crippen molar-refractivity contribution in [3.63, 3.8) is 0 Å². The maximum absolute atomic E-state index is 12.1. The Hall–Kier alpha value is -2.44. The predicted octanol–water partition coefficient (Wildman–Crippen LogP) is 1.16. The molecule has 1 aliphatic rings. The molecule has 1 fully saturated rings. The molecule has 2 aromatic heterocycles. The highest BCUT2D eigenvalue weighted by molar-refractivity contribution is 5.96. The average molecular weight is 302 g/mol. The van der Waals surface area contributed by atoms with Crippen LogP contribution in [0.4, 0.5) is 0 Å². The molecular formula is C15H18N4O3. The van der Waals surface area contributed by atoms with Crippen molar-refractivity contribution in [1.82, 2.24) is 20.3 Å².